The van der Waals surface area contributed by atoms with E-state index in [1.807, 2.05) is 30.5 Å². The summed E-state index contributed by atoms with van der Waals surface area (Å²) in [5.74, 6) is -0.0536. The van der Waals surface area contributed by atoms with Crippen LogP contribution in [0.1, 0.15) is 24.8 Å². The van der Waals surface area contributed by atoms with Crippen molar-refractivity contribution in [2.24, 2.45) is 0 Å². The second kappa shape index (κ2) is 6.33. The molecule has 1 aromatic carbocycles. The Kier molecular flexibility index (Phi) is 4.01. The molecule has 7 heteroatoms. The SMILES string of the molecule is O=C1CCc2ccc(NC(=O)C3(n4cccn4)CCNCC3)cc2N1. The zero-order chi connectivity index (χ0) is 17.3. The molecule has 2 aliphatic rings. The zero-order valence-corrected chi connectivity index (χ0v) is 13.9. The predicted molar refractivity (Wildman–Crippen MR) is 94.3 cm³/mol. The standard InChI is InChI=1S/C18H21N5O2/c24-16-5-3-13-2-4-14(12-15(13)22-16)21-17(25)18(6-9-19-10-7-18)23-11-1-8-20-23/h1-2,4,8,11-12,19H,3,5-7,9-10H2,(H,21,25)(H,22,24). The van der Waals surface area contributed by atoms with Crippen molar-refractivity contribution in [3.63, 3.8) is 0 Å². The molecular weight excluding hydrogens is 318 g/mol. The Hall–Kier alpha value is -2.67. The number of rotatable bonds is 3. The van der Waals surface area contributed by atoms with E-state index >= 15 is 0 Å². The number of anilines is 2. The molecule has 3 N–H and O–H groups in total. The average molecular weight is 339 g/mol. The first-order valence-electron chi connectivity index (χ1n) is 8.62. The number of fused-ring (bicyclic) bond motifs is 1. The average Bonchev–Trinajstić information content (AvgIpc) is 3.17. The normalized spacial score (nSPS) is 19.0. The van der Waals surface area contributed by atoms with Crippen LogP contribution in [0.25, 0.3) is 0 Å². The summed E-state index contributed by atoms with van der Waals surface area (Å²) in [5, 5.41) is 13.5. The van der Waals surface area contributed by atoms with Gasteiger partial charge in [0, 0.05) is 30.2 Å². The highest BCUT2D eigenvalue weighted by Gasteiger charge is 2.42. The van der Waals surface area contributed by atoms with Gasteiger partial charge in [0.25, 0.3) is 5.91 Å². The second-order valence-electron chi connectivity index (χ2n) is 6.61. The summed E-state index contributed by atoms with van der Waals surface area (Å²) in [6.07, 6.45) is 6.15. The van der Waals surface area contributed by atoms with Crippen LogP contribution in [0.2, 0.25) is 0 Å². The molecular formula is C18H21N5O2. The summed E-state index contributed by atoms with van der Waals surface area (Å²) < 4.78 is 1.77. The van der Waals surface area contributed by atoms with E-state index < -0.39 is 5.54 Å². The van der Waals surface area contributed by atoms with Crippen LogP contribution in [0.3, 0.4) is 0 Å². The lowest BCUT2D eigenvalue weighted by Gasteiger charge is -2.36. The highest BCUT2D eigenvalue weighted by molar-refractivity contribution is 5.99. The molecule has 3 heterocycles. The van der Waals surface area contributed by atoms with Gasteiger partial charge in [0.1, 0.15) is 5.54 Å². The van der Waals surface area contributed by atoms with E-state index in [2.05, 4.69) is 21.0 Å². The number of carbonyl (C=O) groups is 2. The van der Waals surface area contributed by atoms with Gasteiger partial charge in [-0.25, -0.2) is 0 Å². The van der Waals surface area contributed by atoms with Crippen molar-refractivity contribution in [1.82, 2.24) is 15.1 Å². The topological polar surface area (TPSA) is 88.0 Å². The predicted octanol–water partition coefficient (Wildman–Crippen LogP) is 1.49. The maximum atomic E-state index is 13.1. The van der Waals surface area contributed by atoms with Crippen molar-refractivity contribution in [2.75, 3.05) is 23.7 Å². The van der Waals surface area contributed by atoms with Crippen LogP contribution >= 0.6 is 0 Å². The van der Waals surface area contributed by atoms with E-state index in [1.54, 1.807) is 10.9 Å². The van der Waals surface area contributed by atoms with Gasteiger partial charge in [-0.3, -0.25) is 14.3 Å². The summed E-state index contributed by atoms with van der Waals surface area (Å²) in [6.45, 7) is 1.54. The van der Waals surface area contributed by atoms with E-state index in [0.717, 1.165) is 30.8 Å². The van der Waals surface area contributed by atoms with Gasteiger partial charge in [0.15, 0.2) is 0 Å². The lowest BCUT2D eigenvalue weighted by Crippen LogP contribution is -2.52. The molecule has 2 aromatic rings. The van der Waals surface area contributed by atoms with Crippen LogP contribution in [0, 0.1) is 0 Å². The molecule has 0 spiro atoms. The van der Waals surface area contributed by atoms with E-state index in [1.165, 1.54) is 0 Å². The molecule has 0 saturated carbocycles. The Morgan fingerprint density at radius 2 is 2.08 bits per heavy atom. The van der Waals surface area contributed by atoms with E-state index in [0.29, 0.717) is 24.9 Å². The van der Waals surface area contributed by atoms with Crippen molar-refractivity contribution in [3.8, 4) is 0 Å². The summed E-state index contributed by atoms with van der Waals surface area (Å²) >= 11 is 0. The number of nitrogens with zero attached hydrogens (tertiary/aromatic N) is 2. The van der Waals surface area contributed by atoms with Crippen LogP contribution in [-0.4, -0.2) is 34.7 Å². The van der Waals surface area contributed by atoms with Crippen LogP contribution in [0.5, 0.6) is 0 Å². The highest BCUT2D eigenvalue weighted by Crippen LogP contribution is 2.30. The van der Waals surface area contributed by atoms with Crippen LogP contribution in [0.4, 0.5) is 11.4 Å². The Morgan fingerprint density at radius 1 is 1.24 bits per heavy atom. The van der Waals surface area contributed by atoms with Gasteiger partial charge >= 0.3 is 0 Å². The molecule has 25 heavy (non-hydrogen) atoms. The van der Waals surface area contributed by atoms with Gasteiger partial charge < -0.3 is 16.0 Å². The third-order valence-corrected chi connectivity index (χ3v) is 5.06. The fraction of sp³-hybridized carbons (Fsp3) is 0.389. The molecule has 1 fully saturated rings. The molecule has 0 radical (unpaired) electrons. The molecule has 0 atom stereocenters. The third-order valence-electron chi connectivity index (χ3n) is 5.06. The van der Waals surface area contributed by atoms with Gasteiger partial charge in [0.2, 0.25) is 5.91 Å². The van der Waals surface area contributed by atoms with E-state index in [9.17, 15) is 9.59 Å². The van der Waals surface area contributed by atoms with Gasteiger partial charge in [-0.1, -0.05) is 6.07 Å². The maximum Gasteiger partial charge on any atom is 0.252 e. The number of piperidine rings is 1. The van der Waals surface area contributed by atoms with Crippen molar-refractivity contribution >= 4 is 23.2 Å². The summed E-state index contributed by atoms with van der Waals surface area (Å²) in [5.41, 5.74) is 1.89. The smallest absolute Gasteiger partial charge is 0.252 e. The Morgan fingerprint density at radius 3 is 2.84 bits per heavy atom. The lowest BCUT2D eigenvalue weighted by molar-refractivity contribution is -0.126. The number of benzene rings is 1. The summed E-state index contributed by atoms with van der Waals surface area (Å²) in [7, 11) is 0. The van der Waals surface area contributed by atoms with Crippen LogP contribution < -0.4 is 16.0 Å². The fourth-order valence-electron chi connectivity index (χ4n) is 3.62. The van der Waals surface area contributed by atoms with Crippen molar-refractivity contribution in [1.29, 1.82) is 0 Å². The molecule has 2 aliphatic heterocycles. The number of carbonyl (C=O) groups excluding carboxylic acids is 2. The molecule has 2 amide bonds. The van der Waals surface area contributed by atoms with Gasteiger partial charge in [-0.15, -0.1) is 0 Å². The number of hydrogen-bond donors (Lipinski definition) is 3. The third kappa shape index (κ3) is 2.91. The zero-order valence-electron chi connectivity index (χ0n) is 13.9. The first-order valence-corrected chi connectivity index (χ1v) is 8.62. The first kappa shape index (κ1) is 15.8. The Labute approximate surface area is 145 Å². The lowest BCUT2D eigenvalue weighted by atomic mass is 9.87. The molecule has 7 nitrogen and oxygen atoms in total. The molecule has 1 saturated heterocycles. The van der Waals surface area contributed by atoms with E-state index in [-0.39, 0.29) is 11.8 Å². The minimum atomic E-state index is -0.687. The number of nitrogens with one attached hydrogen (secondary N) is 3. The Bertz CT molecular complexity index is 794. The van der Waals surface area contributed by atoms with Crippen molar-refractivity contribution in [2.45, 2.75) is 31.2 Å². The summed E-state index contributed by atoms with van der Waals surface area (Å²) in [6, 6.07) is 7.53. The first-order chi connectivity index (χ1) is 12.2. The second-order valence-corrected chi connectivity index (χ2v) is 6.61. The van der Waals surface area contributed by atoms with E-state index in [4.69, 9.17) is 0 Å². The van der Waals surface area contributed by atoms with Gasteiger partial charge in [0.05, 0.1) is 0 Å². The minimum Gasteiger partial charge on any atom is -0.326 e. The van der Waals surface area contributed by atoms with Crippen molar-refractivity contribution < 1.29 is 9.59 Å². The van der Waals surface area contributed by atoms with Gasteiger partial charge in [-0.05, 0) is 56.1 Å². The van der Waals surface area contributed by atoms with Crippen molar-refractivity contribution in [3.05, 3.63) is 42.2 Å². The number of aromatic nitrogens is 2. The molecule has 0 aliphatic carbocycles. The molecule has 4 rings (SSSR count). The van der Waals surface area contributed by atoms with Gasteiger partial charge in [-0.2, -0.15) is 5.10 Å². The number of hydrogen-bond acceptors (Lipinski definition) is 4. The summed E-state index contributed by atoms with van der Waals surface area (Å²) in [4.78, 5) is 24.7. The maximum absolute atomic E-state index is 13.1. The molecule has 0 unspecified atom stereocenters. The molecule has 1 aromatic heterocycles. The van der Waals surface area contributed by atoms with Crippen LogP contribution in [-0.2, 0) is 21.5 Å². The quantitative estimate of drug-likeness (QED) is 0.790. The largest absolute Gasteiger partial charge is 0.326 e. The number of amides is 2. The fourth-order valence-corrected chi connectivity index (χ4v) is 3.62. The number of aryl methyl sites for hydroxylation is 1. The molecule has 130 valence electrons. The Balaban J connectivity index is 1.60. The highest BCUT2D eigenvalue weighted by atomic mass is 16.2. The monoisotopic (exact) mass is 339 g/mol. The van der Waals surface area contributed by atoms with Crippen LogP contribution in [0.15, 0.2) is 36.7 Å². The minimum absolute atomic E-state index is 0.0161. The molecule has 0 bridgehead atoms.